The Bertz CT molecular complexity index is 177. The summed E-state index contributed by atoms with van der Waals surface area (Å²) < 4.78 is 0. The minimum absolute atomic E-state index is 0.833. The average molecular weight is 140 g/mol. The van der Waals surface area contributed by atoms with Crippen molar-refractivity contribution in [2.24, 2.45) is 0 Å². The van der Waals surface area contributed by atoms with Crippen LogP contribution in [0.5, 0.6) is 0 Å². The van der Waals surface area contributed by atoms with Gasteiger partial charge in [-0.3, -0.25) is 0 Å². The molecule has 0 unspecified atom stereocenters. The molecule has 0 fully saturated rings. The third-order valence-corrected chi connectivity index (χ3v) is 1.77. The van der Waals surface area contributed by atoms with E-state index in [1.54, 1.807) is 17.4 Å². The van der Waals surface area contributed by atoms with Gasteiger partial charge in [-0.2, -0.15) is 11.3 Å². The summed E-state index contributed by atoms with van der Waals surface area (Å²) in [7, 11) is 0. The lowest BCUT2D eigenvalue weighted by molar-refractivity contribution is 0.471. The molecule has 48 valence electrons. The van der Waals surface area contributed by atoms with Crippen molar-refractivity contribution in [3.63, 3.8) is 0 Å². The van der Waals surface area contributed by atoms with E-state index in [1.807, 2.05) is 11.4 Å². The molecule has 1 heterocycles. The predicted molar refractivity (Wildman–Crippen MR) is 39.8 cm³/mol. The van der Waals surface area contributed by atoms with Crippen LogP contribution in [0, 0.1) is 0 Å². The molecule has 2 heteroatoms. The van der Waals surface area contributed by atoms with Crippen LogP contribution in [-0.4, -0.2) is 5.11 Å². The van der Waals surface area contributed by atoms with Crippen LogP contribution in [0.25, 0.3) is 0 Å². The average Bonchev–Trinajstić information content (AvgIpc) is 2.34. The number of thiophene rings is 1. The highest BCUT2D eigenvalue weighted by Gasteiger charge is 1.85. The van der Waals surface area contributed by atoms with Crippen molar-refractivity contribution in [1.29, 1.82) is 0 Å². The topological polar surface area (TPSA) is 20.2 Å². The minimum atomic E-state index is 0.833. The van der Waals surface area contributed by atoms with E-state index in [0.29, 0.717) is 0 Å². The van der Waals surface area contributed by atoms with E-state index in [-0.39, 0.29) is 0 Å². The van der Waals surface area contributed by atoms with Gasteiger partial charge in [-0.15, -0.1) is 0 Å². The number of aliphatic hydroxyl groups excluding tert-OH is 1. The highest BCUT2D eigenvalue weighted by molar-refractivity contribution is 7.07. The summed E-state index contributed by atoms with van der Waals surface area (Å²) in [4.78, 5) is 0. The molecule has 0 radical (unpaired) electrons. The monoisotopic (exact) mass is 140 g/mol. The normalized spacial score (nSPS) is 10.7. The summed E-state index contributed by atoms with van der Waals surface area (Å²) >= 11 is 1.67. The van der Waals surface area contributed by atoms with Crippen molar-refractivity contribution >= 4 is 11.3 Å². The van der Waals surface area contributed by atoms with Gasteiger partial charge in [0.1, 0.15) is 0 Å². The van der Waals surface area contributed by atoms with Crippen molar-refractivity contribution in [2.45, 2.75) is 6.42 Å². The SMILES string of the molecule is OC=CCc1ccsc1. The standard InChI is InChI=1S/C7H8OS/c8-4-1-2-7-3-5-9-6-7/h1,3-6,8H,2H2. The van der Waals surface area contributed by atoms with E-state index < -0.39 is 0 Å². The lowest BCUT2D eigenvalue weighted by Crippen LogP contribution is -1.71. The molecule has 0 bridgehead atoms. The van der Waals surface area contributed by atoms with Crippen LogP contribution in [0.1, 0.15) is 5.56 Å². The highest BCUT2D eigenvalue weighted by atomic mass is 32.1. The Hall–Kier alpha value is -0.760. The molecule has 1 N–H and O–H groups in total. The molecular weight excluding hydrogens is 132 g/mol. The van der Waals surface area contributed by atoms with Gasteiger partial charge >= 0.3 is 0 Å². The first kappa shape index (κ1) is 6.36. The van der Waals surface area contributed by atoms with Crippen LogP contribution in [-0.2, 0) is 6.42 Å². The van der Waals surface area contributed by atoms with Gasteiger partial charge in [-0.05, 0) is 34.9 Å². The zero-order valence-corrected chi connectivity index (χ0v) is 5.77. The molecule has 1 aromatic heterocycles. The second-order valence-corrected chi connectivity index (χ2v) is 2.50. The van der Waals surface area contributed by atoms with Crippen LogP contribution < -0.4 is 0 Å². The summed E-state index contributed by atoms with van der Waals surface area (Å²) in [5.41, 5.74) is 1.25. The number of aliphatic hydroxyl groups is 1. The van der Waals surface area contributed by atoms with Crippen LogP contribution in [0.2, 0.25) is 0 Å². The number of allylic oxidation sites excluding steroid dienone is 1. The van der Waals surface area contributed by atoms with Gasteiger partial charge in [0.2, 0.25) is 0 Å². The van der Waals surface area contributed by atoms with E-state index >= 15 is 0 Å². The molecule has 1 aromatic rings. The molecule has 9 heavy (non-hydrogen) atoms. The van der Waals surface area contributed by atoms with Gasteiger partial charge < -0.3 is 5.11 Å². The van der Waals surface area contributed by atoms with Gasteiger partial charge in [-0.25, -0.2) is 0 Å². The van der Waals surface area contributed by atoms with Crippen LogP contribution in [0.15, 0.2) is 29.2 Å². The Balaban J connectivity index is 2.48. The molecule has 0 spiro atoms. The number of rotatable bonds is 2. The largest absolute Gasteiger partial charge is 0.516 e. The van der Waals surface area contributed by atoms with E-state index in [0.717, 1.165) is 12.7 Å². The molecule has 0 atom stereocenters. The zero-order valence-electron chi connectivity index (χ0n) is 4.95. The molecule has 0 saturated carbocycles. The maximum absolute atomic E-state index is 8.29. The Morgan fingerprint density at radius 1 is 1.67 bits per heavy atom. The third-order valence-electron chi connectivity index (χ3n) is 1.04. The third kappa shape index (κ3) is 1.90. The molecule has 0 aliphatic carbocycles. The fourth-order valence-corrected chi connectivity index (χ4v) is 1.28. The lowest BCUT2D eigenvalue weighted by atomic mass is 10.2. The molecule has 1 nitrogen and oxygen atoms in total. The van der Waals surface area contributed by atoms with Crippen molar-refractivity contribution in [3.05, 3.63) is 34.7 Å². The predicted octanol–water partition coefficient (Wildman–Crippen LogP) is 2.36. The van der Waals surface area contributed by atoms with Gasteiger partial charge in [-0.1, -0.05) is 0 Å². The van der Waals surface area contributed by atoms with Crippen molar-refractivity contribution < 1.29 is 5.11 Å². The number of hydrogen-bond donors (Lipinski definition) is 1. The molecule has 0 aliphatic rings. The van der Waals surface area contributed by atoms with Crippen molar-refractivity contribution in [2.75, 3.05) is 0 Å². The van der Waals surface area contributed by atoms with Gasteiger partial charge in [0.15, 0.2) is 0 Å². The smallest absolute Gasteiger partial charge is 0.0755 e. The van der Waals surface area contributed by atoms with Gasteiger partial charge in [0.05, 0.1) is 6.26 Å². The fourth-order valence-electron chi connectivity index (χ4n) is 0.598. The highest BCUT2D eigenvalue weighted by Crippen LogP contribution is 2.06. The second kappa shape index (κ2) is 3.30. The zero-order chi connectivity index (χ0) is 6.53. The van der Waals surface area contributed by atoms with E-state index in [9.17, 15) is 0 Å². The first-order valence-electron chi connectivity index (χ1n) is 2.74. The first-order chi connectivity index (χ1) is 4.43. The Kier molecular flexibility index (Phi) is 2.33. The summed E-state index contributed by atoms with van der Waals surface area (Å²) in [6.45, 7) is 0. The maximum atomic E-state index is 8.29. The van der Waals surface area contributed by atoms with E-state index in [4.69, 9.17) is 5.11 Å². The molecule has 0 aromatic carbocycles. The Morgan fingerprint density at radius 3 is 3.11 bits per heavy atom. The quantitative estimate of drug-likeness (QED) is 0.625. The molecule has 1 rings (SSSR count). The van der Waals surface area contributed by atoms with Crippen LogP contribution >= 0.6 is 11.3 Å². The Labute approximate surface area is 58.3 Å². The fraction of sp³-hybridized carbons (Fsp3) is 0.143. The van der Waals surface area contributed by atoms with Crippen molar-refractivity contribution in [3.8, 4) is 0 Å². The molecule has 0 saturated heterocycles. The summed E-state index contributed by atoms with van der Waals surface area (Å²) in [5.74, 6) is 0. The lowest BCUT2D eigenvalue weighted by Gasteiger charge is -1.83. The van der Waals surface area contributed by atoms with E-state index in [2.05, 4.69) is 5.38 Å². The van der Waals surface area contributed by atoms with E-state index in [1.165, 1.54) is 5.56 Å². The second-order valence-electron chi connectivity index (χ2n) is 1.72. The van der Waals surface area contributed by atoms with Crippen LogP contribution in [0.4, 0.5) is 0 Å². The van der Waals surface area contributed by atoms with Crippen LogP contribution in [0.3, 0.4) is 0 Å². The Morgan fingerprint density at radius 2 is 2.56 bits per heavy atom. The summed E-state index contributed by atoms with van der Waals surface area (Å²) in [6.07, 6.45) is 3.64. The summed E-state index contributed by atoms with van der Waals surface area (Å²) in [6, 6.07) is 2.05. The minimum Gasteiger partial charge on any atom is -0.516 e. The molecular formula is C7H8OS. The first-order valence-corrected chi connectivity index (χ1v) is 3.68. The van der Waals surface area contributed by atoms with Gasteiger partial charge in [0, 0.05) is 0 Å². The maximum Gasteiger partial charge on any atom is 0.0755 e. The van der Waals surface area contributed by atoms with Crippen molar-refractivity contribution in [1.82, 2.24) is 0 Å². The molecule has 0 aliphatic heterocycles. The number of hydrogen-bond acceptors (Lipinski definition) is 2. The molecule has 0 amide bonds. The summed E-state index contributed by atoms with van der Waals surface area (Å²) in [5, 5.41) is 12.4. The van der Waals surface area contributed by atoms with Gasteiger partial charge in [0.25, 0.3) is 0 Å².